The third-order valence-corrected chi connectivity index (χ3v) is 4.10. The van der Waals surface area contributed by atoms with Crippen LogP contribution in [-0.4, -0.2) is 16.0 Å². The van der Waals surface area contributed by atoms with Crippen LogP contribution < -0.4 is 5.32 Å². The van der Waals surface area contributed by atoms with Gasteiger partial charge in [0.1, 0.15) is 10.8 Å². The number of thiazole rings is 1. The largest absolute Gasteiger partial charge is 0.361 e. The molecule has 0 unspecified atom stereocenters. The molecule has 0 saturated carbocycles. The fraction of sp³-hybridized carbons (Fsp3) is 0.462. The van der Waals surface area contributed by atoms with Gasteiger partial charge in [-0.15, -0.1) is 11.3 Å². The lowest BCUT2D eigenvalue weighted by atomic mass is 10.1. The predicted molar refractivity (Wildman–Crippen MR) is 73.1 cm³/mol. The maximum absolute atomic E-state index is 11.9. The minimum atomic E-state index is -0.0418. The van der Waals surface area contributed by atoms with Crippen molar-refractivity contribution in [2.45, 2.75) is 40.7 Å². The molecule has 5 nitrogen and oxygen atoms in total. The smallest absolute Gasteiger partial charge is 0.224 e. The van der Waals surface area contributed by atoms with Crippen LogP contribution >= 0.6 is 11.3 Å². The molecule has 0 bridgehead atoms. The number of amides is 1. The average Bonchev–Trinajstić information content (AvgIpc) is 2.84. The first-order valence-electron chi connectivity index (χ1n) is 6.08. The summed E-state index contributed by atoms with van der Waals surface area (Å²) >= 11 is 1.61. The Balaban J connectivity index is 1.92. The van der Waals surface area contributed by atoms with Crippen molar-refractivity contribution >= 4 is 17.2 Å². The molecule has 0 aromatic carbocycles. The number of carbonyl (C=O) groups excluding carboxylic acids is 1. The number of hydrogen-bond acceptors (Lipinski definition) is 5. The average molecular weight is 279 g/mol. The Morgan fingerprint density at radius 1 is 1.26 bits per heavy atom. The molecule has 6 heteroatoms. The summed E-state index contributed by atoms with van der Waals surface area (Å²) in [5.41, 5.74) is 2.66. The molecule has 0 fully saturated rings. The summed E-state index contributed by atoms with van der Waals surface area (Å²) in [5.74, 6) is 0.661. The van der Waals surface area contributed by atoms with Gasteiger partial charge in [-0.3, -0.25) is 4.79 Å². The molecule has 0 saturated heterocycles. The van der Waals surface area contributed by atoms with Gasteiger partial charge in [0.15, 0.2) is 0 Å². The van der Waals surface area contributed by atoms with Crippen molar-refractivity contribution < 1.29 is 9.32 Å². The Bertz CT molecular complexity index is 562. The first kappa shape index (κ1) is 13.7. The van der Waals surface area contributed by atoms with Crippen LogP contribution in [0.25, 0.3) is 0 Å². The van der Waals surface area contributed by atoms with Gasteiger partial charge >= 0.3 is 0 Å². The minimum Gasteiger partial charge on any atom is -0.361 e. The Hall–Kier alpha value is -1.69. The Labute approximate surface area is 116 Å². The zero-order valence-corrected chi connectivity index (χ0v) is 12.3. The molecule has 2 aromatic rings. The van der Waals surface area contributed by atoms with Crippen molar-refractivity contribution in [2.24, 2.45) is 0 Å². The molecular weight excluding hydrogens is 262 g/mol. The molecule has 0 radical (unpaired) electrons. The van der Waals surface area contributed by atoms with Gasteiger partial charge in [0.05, 0.1) is 24.4 Å². The van der Waals surface area contributed by atoms with Gasteiger partial charge < -0.3 is 9.84 Å². The summed E-state index contributed by atoms with van der Waals surface area (Å²) in [4.78, 5) is 17.5. The first-order chi connectivity index (χ1) is 8.97. The highest BCUT2D eigenvalue weighted by Crippen LogP contribution is 2.16. The van der Waals surface area contributed by atoms with Crippen molar-refractivity contribution in [3.05, 3.63) is 32.6 Å². The highest BCUT2D eigenvalue weighted by Gasteiger charge is 2.13. The molecule has 102 valence electrons. The van der Waals surface area contributed by atoms with E-state index in [1.165, 1.54) is 4.88 Å². The molecule has 2 rings (SSSR count). The molecule has 19 heavy (non-hydrogen) atoms. The molecule has 0 aliphatic rings. The summed E-state index contributed by atoms with van der Waals surface area (Å²) in [6, 6.07) is 0. The highest BCUT2D eigenvalue weighted by molar-refractivity contribution is 7.11. The Morgan fingerprint density at radius 2 is 2.00 bits per heavy atom. The number of aryl methyl sites for hydroxylation is 4. The molecule has 0 atom stereocenters. The van der Waals surface area contributed by atoms with Crippen LogP contribution in [0.2, 0.25) is 0 Å². The van der Waals surface area contributed by atoms with E-state index in [2.05, 4.69) is 15.5 Å². The number of nitrogens with one attached hydrogen (secondary N) is 1. The summed E-state index contributed by atoms with van der Waals surface area (Å²) < 4.78 is 5.04. The van der Waals surface area contributed by atoms with Crippen molar-refractivity contribution in [3.8, 4) is 0 Å². The van der Waals surface area contributed by atoms with Crippen LogP contribution in [0.4, 0.5) is 0 Å². The maximum atomic E-state index is 11.9. The van der Waals surface area contributed by atoms with E-state index in [9.17, 15) is 4.79 Å². The quantitative estimate of drug-likeness (QED) is 0.931. The van der Waals surface area contributed by atoms with Gasteiger partial charge in [0, 0.05) is 10.4 Å². The molecule has 1 amide bonds. The lowest BCUT2D eigenvalue weighted by Crippen LogP contribution is -2.24. The van der Waals surface area contributed by atoms with E-state index in [-0.39, 0.29) is 5.91 Å². The van der Waals surface area contributed by atoms with Crippen molar-refractivity contribution in [1.82, 2.24) is 15.5 Å². The van der Waals surface area contributed by atoms with Gasteiger partial charge in [-0.25, -0.2) is 4.98 Å². The zero-order valence-electron chi connectivity index (χ0n) is 11.5. The first-order valence-corrected chi connectivity index (χ1v) is 6.90. The molecule has 2 aromatic heterocycles. The standard InChI is InChI=1S/C13H17N3O2S/c1-7-10(4)19-13(15-7)6-14-12(17)5-11-8(2)16-18-9(11)3/h5-6H2,1-4H3,(H,14,17). The van der Waals surface area contributed by atoms with E-state index < -0.39 is 0 Å². The summed E-state index contributed by atoms with van der Waals surface area (Å²) in [5, 5.41) is 7.64. The highest BCUT2D eigenvalue weighted by atomic mass is 32.1. The van der Waals surface area contributed by atoms with E-state index >= 15 is 0 Å². The summed E-state index contributed by atoms with van der Waals surface area (Å²) in [7, 11) is 0. The SMILES string of the molecule is Cc1nc(CNC(=O)Cc2c(C)noc2C)sc1C. The molecule has 1 N–H and O–H groups in total. The second-order valence-corrected chi connectivity index (χ2v) is 5.79. The lowest BCUT2D eigenvalue weighted by molar-refractivity contribution is -0.120. The van der Waals surface area contributed by atoms with E-state index in [1.807, 2.05) is 27.7 Å². The van der Waals surface area contributed by atoms with E-state index in [0.29, 0.717) is 18.7 Å². The number of carbonyl (C=O) groups is 1. The van der Waals surface area contributed by atoms with Crippen LogP contribution in [0.1, 0.15) is 32.6 Å². The van der Waals surface area contributed by atoms with E-state index in [4.69, 9.17) is 4.52 Å². The molecule has 2 heterocycles. The third-order valence-electron chi connectivity index (χ3n) is 3.03. The number of hydrogen-bond donors (Lipinski definition) is 1. The molecular formula is C13H17N3O2S. The van der Waals surface area contributed by atoms with E-state index in [0.717, 1.165) is 22.0 Å². The predicted octanol–water partition coefficient (Wildman–Crippen LogP) is 2.22. The topological polar surface area (TPSA) is 68.0 Å². The van der Waals surface area contributed by atoms with E-state index in [1.54, 1.807) is 11.3 Å². The lowest BCUT2D eigenvalue weighted by Gasteiger charge is -2.02. The number of aromatic nitrogens is 2. The summed E-state index contributed by atoms with van der Waals surface area (Å²) in [6.07, 6.45) is 0.296. The van der Waals surface area contributed by atoms with Gasteiger partial charge in [0.2, 0.25) is 5.91 Å². The maximum Gasteiger partial charge on any atom is 0.224 e. The fourth-order valence-corrected chi connectivity index (χ4v) is 2.64. The second kappa shape index (κ2) is 5.52. The second-order valence-electron chi connectivity index (χ2n) is 4.51. The molecule has 0 aliphatic carbocycles. The third kappa shape index (κ3) is 3.20. The van der Waals surface area contributed by atoms with Crippen LogP contribution in [0, 0.1) is 27.7 Å². The number of rotatable bonds is 4. The normalized spacial score (nSPS) is 10.7. The Morgan fingerprint density at radius 3 is 2.53 bits per heavy atom. The molecule has 0 spiro atoms. The Kier molecular flexibility index (Phi) is 3.99. The minimum absolute atomic E-state index is 0.0418. The van der Waals surface area contributed by atoms with Gasteiger partial charge in [-0.05, 0) is 27.7 Å². The summed E-state index contributed by atoms with van der Waals surface area (Å²) in [6.45, 7) is 8.13. The van der Waals surface area contributed by atoms with Crippen LogP contribution in [0.15, 0.2) is 4.52 Å². The van der Waals surface area contributed by atoms with Gasteiger partial charge in [0.25, 0.3) is 0 Å². The zero-order chi connectivity index (χ0) is 14.0. The van der Waals surface area contributed by atoms with Crippen molar-refractivity contribution in [2.75, 3.05) is 0 Å². The van der Waals surface area contributed by atoms with Crippen LogP contribution in [-0.2, 0) is 17.8 Å². The number of nitrogens with zero attached hydrogens (tertiary/aromatic N) is 2. The van der Waals surface area contributed by atoms with Crippen molar-refractivity contribution in [1.29, 1.82) is 0 Å². The van der Waals surface area contributed by atoms with Crippen LogP contribution in [0.3, 0.4) is 0 Å². The van der Waals surface area contributed by atoms with Crippen LogP contribution in [0.5, 0.6) is 0 Å². The molecule has 0 aliphatic heterocycles. The van der Waals surface area contributed by atoms with Gasteiger partial charge in [-0.2, -0.15) is 0 Å². The monoisotopic (exact) mass is 279 g/mol. The van der Waals surface area contributed by atoms with Gasteiger partial charge in [-0.1, -0.05) is 5.16 Å². The van der Waals surface area contributed by atoms with Crippen molar-refractivity contribution in [3.63, 3.8) is 0 Å². The fourth-order valence-electron chi connectivity index (χ4n) is 1.77.